The fraction of sp³-hybridized carbons (Fsp3) is 0.286. The minimum atomic E-state index is -0.968. The molecule has 0 saturated heterocycles. The number of carboxylic acids is 1. The van der Waals surface area contributed by atoms with Crippen molar-refractivity contribution >= 4 is 28.9 Å². The third kappa shape index (κ3) is 5.18. The highest BCUT2D eigenvalue weighted by molar-refractivity contribution is 8.13. The molecule has 1 rings (SSSR count). The van der Waals surface area contributed by atoms with Crippen molar-refractivity contribution in [3.63, 3.8) is 0 Å². The summed E-state index contributed by atoms with van der Waals surface area (Å²) in [5, 5.41) is 9.03. The quantitative estimate of drug-likeness (QED) is 0.811. The third-order valence-corrected chi connectivity index (χ3v) is 3.21. The number of carbonyl (C=O) groups excluding carboxylic acids is 1. The number of hydrogen-bond acceptors (Lipinski definition) is 4. The van der Waals surface area contributed by atoms with E-state index in [2.05, 4.69) is 0 Å². The van der Waals surface area contributed by atoms with E-state index in [4.69, 9.17) is 9.84 Å². The lowest BCUT2D eigenvalue weighted by Crippen LogP contribution is -1.97. The fourth-order valence-electron chi connectivity index (χ4n) is 1.48. The Hall–Kier alpha value is -1.75. The van der Waals surface area contributed by atoms with E-state index in [-0.39, 0.29) is 10.7 Å². The second-order valence-electron chi connectivity index (χ2n) is 3.79. The number of aromatic carboxylic acids is 1. The maximum atomic E-state index is 10.9. The number of carbonyl (C=O) groups is 2. The molecule has 0 aromatic heterocycles. The zero-order chi connectivity index (χ0) is 14.3. The molecule has 0 amide bonds. The summed E-state index contributed by atoms with van der Waals surface area (Å²) in [6.07, 6.45) is 4.45. The van der Waals surface area contributed by atoms with Gasteiger partial charge in [0.25, 0.3) is 0 Å². The molecule has 102 valence electrons. The van der Waals surface area contributed by atoms with Gasteiger partial charge in [-0.25, -0.2) is 4.79 Å². The van der Waals surface area contributed by atoms with Crippen LogP contribution in [-0.2, 0) is 4.79 Å². The monoisotopic (exact) mass is 280 g/mol. The van der Waals surface area contributed by atoms with E-state index in [0.29, 0.717) is 11.5 Å². The Morgan fingerprint density at radius 3 is 2.74 bits per heavy atom. The van der Waals surface area contributed by atoms with Gasteiger partial charge in [-0.1, -0.05) is 23.9 Å². The summed E-state index contributed by atoms with van der Waals surface area (Å²) in [5.41, 5.74) is 0.939. The molecule has 0 aliphatic heterocycles. The topological polar surface area (TPSA) is 63.6 Å². The highest BCUT2D eigenvalue weighted by atomic mass is 32.2. The summed E-state index contributed by atoms with van der Waals surface area (Å²) in [4.78, 5) is 21.6. The molecule has 1 N–H and O–H groups in total. The molecule has 1 aromatic carbocycles. The van der Waals surface area contributed by atoms with Crippen molar-refractivity contribution in [1.29, 1.82) is 0 Å². The van der Waals surface area contributed by atoms with E-state index in [0.717, 1.165) is 12.0 Å². The van der Waals surface area contributed by atoms with Crippen LogP contribution in [0.25, 0.3) is 6.08 Å². The lowest BCUT2D eigenvalue weighted by atomic mass is 10.1. The Labute approximate surface area is 116 Å². The first kappa shape index (κ1) is 15.3. The predicted octanol–water partition coefficient (Wildman–Crippen LogP) is 3.08. The number of allylic oxidation sites excluding steroid dienone is 1. The maximum absolute atomic E-state index is 10.9. The molecule has 0 fully saturated rings. The lowest BCUT2D eigenvalue weighted by molar-refractivity contribution is -0.109. The standard InChI is InChI=1S/C14H16O4S/c1-10(15)19-8-4-3-5-11-9-12(14(16)17)6-7-13(11)18-2/h3,5-7,9H,4,8H2,1-2H3,(H,16,17). The van der Waals surface area contributed by atoms with E-state index in [1.165, 1.54) is 24.8 Å². The number of rotatable bonds is 6. The van der Waals surface area contributed by atoms with Crippen molar-refractivity contribution in [3.05, 3.63) is 35.4 Å². The molecule has 0 aliphatic carbocycles. The summed E-state index contributed by atoms with van der Waals surface area (Å²) in [7, 11) is 1.54. The highest BCUT2D eigenvalue weighted by Gasteiger charge is 2.06. The molecule has 0 aliphatic rings. The second-order valence-corrected chi connectivity index (χ2v) is 5.06. The van der Waals surface area contributed by atoms with Crippen LogP contribution in [0.15, 0.2) is 24.3 Å². The van der Waals surface area contributed by atoms with Gasteiger partial charge in [0.1, 0.15) is 5.75 Å². The molecule has 19 heavy (non-hydrogen) atoms. The van der Waals surface area contributed by atoms with Crippen LogP contribution in [0.1, 0.15) is 29.3 Å². The molecule has 4 nitrogen and oxygen atoms in total. The number of ether oxygens (including phenoxy) is 1. The van der Waals surface area contributed by atoms with E-state index in [9.17, 15) is 9.59 Å². The zero-order valence-electron chi connectivity index (χ0n) is 10.9. The van der Waals surface area contributed by atoms with Crippen molar-refractivity contribution in [2.75, 3.05) is 12.9 Å². The summed E-state index contributed by atoms with van der Waals surface area (Å²) >= 11 is 1.27. The predicted molar refractivity (Wildman–Crippen MR) is 76.7 cm³/mol. The number of thioether (sulfide) groups is 1. The third-order valence-electron chi connectivity index (χ3n) is 2.36. The van der Waals surface area contributed by atoms with Gasteiger partial charge in [-0.3, -0.25) is 4.79 Å². The average Bonchev–Trinajstić information content (AvgIpc) is 2.37. The van der Waals surface area contributed by atoms with Crippen LogP contribution in [0, 0.1) is 0 Å². The number of benzene rings is 1. The molecular formula is C14H16O4S. The van der Waals surface area contributed by atoms with Crippen LogP contribution in [0.5, 0.6) is 5.75 Å². The van der Waals surface area contributed by atoms with Crippen LogP contribution in [0.2, 0.25) is 0 Å². The van der Waals surface area contributed by atoms with Crippen LogP contribution in [-0.4, -0.2) is 29.1 Å². The van der Waals surface area contributed by atoms with Crippen molar-refractivity contribution in [1.82, 2.24) is 0 Å². The summed E-state index contributed by atoms with van der Waals surface area (Å²) in [6.45, 7) is 1.54. The maximum Gasteiger partial charge on any atom is 0.335 e. The molecule has 0 spiro atoms. The Morgan fingerprint density at radius 2 is 2.16 bits per heavy atom. The van der Waals surface area contributed by atoms with Crippen LogP contribution in [0.3, 0.4) is 0 Å². The zero-order valence-corrected chi connectivity index (χ0v) is 11.7. The number of methoxy groups -OCH3 is 1. The molecule has 0 unspecified atom stereocenters. The van der Waals surface area contributed by atoms with E-state index >= 15 is 0 Å². The smallest absolute Gasteiger partial charge is 0.335 e. The Balaban J connectivity index is 2.74. The SMILES string of the molecule is COc1ccc(C(=O)O)cc1C=CCCSC(C)=O. The second kappa shape index (κ2) is 7.63. The largest absolute Gasteiger partial charge is 0.496 e. The summed E-state index contributed by atoms with van der Waals surface area (Å²) in [5.74, 6) is 0.372. The van der Waals surface area contributed by atoms with Crippen LogP contribution < -0.4 is 4.74 Å². The van der Waals surface area contributed by atoms with Crippen molar-refractivity contribution < 1.29 is 19.4 Å². The average molecular weight is 280 g/mol. The Kier molecular flexibility index (Phi) is 6.15. The first-order valence-corrected chi connectivity index (χ1v) is 6.74. The molecule has 0 radical (unpaired) electrons. The highest BCUT2D eigenvalue weighted by Crippen LogP contribution is 2.21. The molecule has 0 saturated carbocycles. The van der Waals surface area contributed by atoms with Gasteiger partial charge in [-0.05, 0) is 24.6 Å². The summed E-state index contributed by atoms with van der Waals surface area (Å²) < 4.78 is 5.17. The van der Waals surface area contributed by atoms with Gasteiger partial charge in [0.15, 0.2) is 5.12 Å². The van der Waals surface area contributed by atoms with E-state index in [1.54, 1.807) is 19.2 Å². The lowest BCUT2D eigenvalue weighted by Gasteiger charge is -2.05. The van der Waals surface area contributed by atoms with Gasteiger partial charge in [0, 0.05) is 18.2 Å². The molecule has 5 heteroatoms. The summed E-state index contributed by atoms with van der Waals surface area (Å²) in [6, 6.07) is 4.70. The first-order chi connectivity index (χ1) is 9.04. The molecule has 1 aromatic rings. The Morgan fingerprint density at radius 1 is 1.42 bits per heavy atom. The number of carboxylic acid groups (broad SMARTS) is 1. The van der Waals surface area contributed by atoms with Crippen LogP contribution in [0.4, 0.5) is 0 Å². The van der Waals surface area contributed by atoms with Gasteiger partial charge in [-0.15, -0.1) is 0 Å². The molecule has 0 atom stereocenters. The van der Waals surface area contributed by atoms with Crippen molar-refractivity contribution in [2.45, 2.75) is 13.3 Å². The van der Waals surface area contributed by atoms with Gasteiger partial charge in [-0.2, -0.15) is 0 Å². The Bertz CT molecular complexity index is 494. The van der Waals surface area contributed by atoms with Gasteiger partial charge in [0.2, 0.25) is 0 Å². The normalized spacial score (nSPS) is 10.6. The van der Waals surface area contributed by atoms with Gasteiger partial charge >= 0.3 is 5.97 Å². The molecule has 0 bridgehead atoms. The first-order valence-electron chi connectivity index (χ1n) is 5.76. The van der Waals surface area contributed by atoms with Gasteiger partial charge < -0.3 is 9.84 Å². The van der Waals surface area contributed by atoms with Crippen molar-refractivity contribution in [3.8, 4) is 5.75 Å². The van der Waals surface area contributed by atoms with E-state index < -0.39 is 5.97 Å². The fourth-order valence-corrected chi connectivity index (χ4v) is 2.02. The van der Waals surface area contributed by atoms with Crippen LogP contribution >= 0.6 is 11.8 Å². The minimum Gasteiger partial charge on any atom is -0.496 e. The van der Waals surface area contributed by atoms with Gasteiger partial charge in [0.05, 0.1) is 12.7 Å². The molecule has 0 heterocycles. The molecular weight excluding hydrogens is 264 g/mol. The minimum absolute atomic E-state index is 0.0962. The van der Waals surface area contributed by atoms with Crippen molar-refractivity contribution in [2.24, 2.45) is 0 Å². The number of hydrogen-bond donors (Lipinski definition) is 1. The van der Waals surface area contributed by atoms with E-state index in [1.807, 2.05) is 12.2 Å².